The van der Waals surface area contributed by atoms with Crippen LogP contribution in [-0.4, -0.2) is 37.2 Å². The van der Waals surface area contributed by atoms with Gasteiger partial charge in [-0.2, -0.15) is 0 Å². The Kier molecular flexibility index (Phi) is 5.92. The van der Waals surface area contributed by atoms with Gasteiger partial charge in [0.15, 0.2) is 0 Å². The average Bonchev–Trinajstić information content (AvgIpc) is 2.73. The molecule has 0 aliphatic heterocycles. The van der Waals surface area contributed by atoms with Crippen molar-refractivity contribution in [3.05, 3.63) is 0 Å². The molecule has 2 N–H and O–H groups in total. The molecule has 1 fully saturated rings. The van der Waals surface area contributed by atoms with Gasteiger partial charge in [-0.3, -0.25) is 4.79 Å². The molecule has 1 aliphatic carbocycles. The van der Waals surface area contributed by atoms with E-state index < -0.39 is 0 Å². The lowest BCUT2D eigenvalue weighted by atomic mass is 10.1. The van der Waals surface area contributed by atoms with Gasteiger partial charge in [-0.1, -0.05) is 12.8 Å². The number of amides is 1. The van der Waals surface area contributed by atoms with E-state index in [4.69, 9.17) is 4.74 Å². The first-order valence-corrected chi connectivity index (χ1v) is 6.61. The van der Waals surface area contributed by atoms with Crippen molar-refractivity contribution in [3.63, 3.8) is 0 Å². The second kappa shape index (κ2) is 6.97. The number of carbonyl (C=O) groups is 1. The zero-order valence-corrected chi connectivity index (χ0v) is 11.3. The summed E-state index contributed by atoms with van der Waals surface area (Å²) in [6.45, 7) is 7.75. The molecule has 0 radical (unpaired) electrons. The Morgan fingerprint density at radius 2 is 1.94 bits per heavy atom. The van der Waals surface area contributed by atoms with Gasteiger partial charge in [0.2, 0.25) is 5.91 Å². The van der Waals surface area contributed by atoms with Crippen molar-refractivity contribution < 1.29 is 9.53 Å². The Hall–Kier alpha value is -0.610. The number of hydrogen-bond donors (Lipinski definition) is 2. The topological polar surface area (TPSA) is 50.4 Å². The lowest BCUT2D eigenvalue weighted by Crippen LogP contribution is -2.43. The number of hydrogen-bond acceptors (Lipinski definition) is 3. The highest BCUT2D eigenvalue weighted by atomic mass is 16.5. The van der Waals surface area contributed by atoms with Gasteiger partial charge in [0.25, 0.3) is 0 Å². The smallest absolute Gasteiger partial charge is 0.234 e. The van der Waals surface area contributed by atoms with E-state index in [-0.39, 0.29) is 11.4 Å². The molecular formula is C13H26N2O2. The highest BCUT2D eigenvalue weighted by molar-refractivity contribution is 5.78. The molecule has 0 bridgehead atoms. The summed E-state index contributed by atoms with van der Waals surface area (Å²) in [4.78, 5) is 11.5. The van der Waals surface area contributed by atoms with Crippen LogP contribution in [-0.2, 0) is 9.53 Å². The molecule has 100 valence electrons. The van der Waals surface area contributed by atoms with Crippen LogP contribution in [0.25, 0.3) is 0 Å². The monoisotopic (exact) mass is 242 g/mol. The van der Waals surface area contributed by atoms with E-state index in [1.54, 1.807) is 0 Å². The van der Waals surface area contributed by atoms with Crippen molar-refractivity contribution in [2.75, 3.05) is 19.7 Å². The van der Waals surface area contributed by atoms with Gasteiger partial charge >= 0.3 is 0 Å². The molecule has 0 spiro atoms. The minimum Gasteiger partial charge on any atom is -0.376 e. The second-order valence-corrected chi connectivity index (χ2v) is 5.73. The fourth-order valence-corrected chi connectivity index (χ4v) is 1.88. The molecule has 1 rings (SSSR count). The Morgan fingerprint density at radius 3 is 2.53 bits per heavy atom. The third kappa shape index (κ3) is 7.34. The predicted octanol–water partition coefficient (Wildman–Crippen LogP) is 1.45. The molecule has 17 heavy (non-hydrogen) atoms. The lowest BCUT2D eigenvalue weighted by Gasteiger charge is -2.20. The van der Waals surface area contributed by atoms with Crippen molar-refractivity contribution >= 4 is 5.91 Å². The fourth-order valence-electron chi connectivity index (χ4n) is 1.88. The Morgan fingerprint density at radius 1 is 1.29 bits per heavy atom. The van der Waals surface area contributed by atoms with Crippen LogP contribution in [0.5, 0.6) is 0 Å². The molecule has 0 aromatic rings. The van der Waals surface area contributed by atoms with Gasteiger partial charge in [0.05, 0.1) is 19.3 Å². The SMILES string of the molecule is CC(C)(C)NCC(=O)NCCOC1CCCC1. The third-order valence-corrected chi connectivity index (χ3v) is 2.86. The molecule has 1 aliphatic rings. The number of nitrogens with one attached hydrogen (secondary N) is 2. The van der Waals surface area contributed by atoms with Crippen LogP contribution in [0.2, 0.25) is 0 Å². The van der Waals surface area contributed by atoms with Crippen molar-refractivity contribution in [2.45, 2.75) is 58.1 Å². The van der Waals surface area contributed by atoms with Gasteiger partial charge < -0.3 is 15.4 Å². The van der Waals surface area contributed by atoms with Crippen molar-refractivity contribution in [1.29, 1.82) is 0 Å². The second-order valence-electron chi connectivity index (χ2n) is 5.73. The first-order valence-electron chi connectivity index (χ1n) is 6.61. The minimum atomic E-state index is -0.0162. The normalized spacial score (nSPS) is 17.4. The van der Waals surface area contributed by atoms with Crippen LogP contribution in [0.3, 0.4) is 0 Å². The molecule has 0 atom stereocenters. The number of carbonyl (C=O) groups excluding carboxylic acids is 1. The van der Waals surface area contributed by atoms with E-state index in [0.717, 1.165) is 0 Å². The lowest BCUT2D eigenvalue weighted by molar-refractivity contribution is -0.120. The summed E-state index contributed by atoms with van der Waals surface area (Å²) >= 11 is 0. The third-order valence-electron chi connectivity index (χ3n) is 2.86. The van der Waals surface area contributed by atoms with Crippen LogP contribution in [0, 0.1) is 0 Å². The molecule has 0 aromatic heterocycles. The van der Waals surface area contributed by atoms with Crippen molar-refractivity contribution in [3.8, 4) is 0 Å². The molecule has 4 heteroatoms. The van der Waals surface area contributed by atoms with E-state index in [1.807, 2.05) is 20.8 Å². The van der Waals surface area contributed by atoms with E-state index in [1.165, 1.54) is 25.7 Å². The van der Waals surface area contributed by atoms with Gasteiger partial charge in [0.1, 0.15) is 0 Å². The number of rotatable bonds is 6. The minimum absolute atomic E-state index is 0.0162. The maximum atomic E-state index is 11.5. The van der Waals surface area contributed by atoms with E-state index in [0.29, 0.717) is 25.8 Å². The zero-order valence-electron chi connectivity index (χ0n) is 11.3. The summed E-state index contributed by atoms with van der Waals surface area (Å²) < 4.78 is 5.66. The summed E-state index contributed by atoms with van der Waals surface area (Å²) in [7, 11) is 0. The summed E-state index contributed by atoms with van der Waals surface area (Å²) in [5.74, 6) is 0.0370. The van der Waals surface area contributed by atoms with E-state index >= 15 is 0 Å². The quantitative estimate of drug-likeness (QED) is 0.693. The molecule has 0 saturated heterocycles. The summed E-state index contributed by atoms with van der Waals surface area (Å²) in [6.07, 6.45) is 5.36. The average molecular weight is 242 g/mol. The zero-order chi connectivity index (χ0) is 12.7. The summed E-state index contributed by atoms with van der Waals surface area (Å²) in [6, 6.07) is 0. The predicted molar refractivity (Wildman–Crippen MR) is 69.0 cm³/mol. The van der Waals surface area contributed by atoms with Crippen LogP contribution >= 0.6 is 0 Å². The maximum absolute atomic E-state index is 11.5. The van der Waals surface area contributed by atoms with E-state index in [9.17, 15) is 4.79 Å². The van der Waals surface area contributed by atoms with Crippen molar-refractivity contribution in [1.82, 2.24) is 10.6 Å². The molecular weight excluding hydrogens is 216 g/mol. The van der Waals surface area contributed by atoms with Crippen LogP contribution in [0.15, 0.2) is 0 Å². The highest BCUT2D eigenvalue weighted by Crippen LogP contribution is 2.20. The first-order chi connectivity index (χ1) is 7.97. The van der Waals surface area contributed by atoms with Gasteiger partial charge in [0, 0.05) is 12.1 Å². The number of ether oxygens (including phenoxy) is 1. The molecule has 0 aromatic carbocycles. The first kappa shape index (κ1) is 14.5. The maximum Gasteiger partial charge on any atom is 0.234 e. The van der Waals surface area contributed by atoms with Crippen LogP contribution in [0.4, 0.5) is 0 Å². The molecule has 1 saturated carbocycles. The highest BCUT2D eigenvalue weighted by Gasteiger charge is 2.15. The van der Waals surface area contributed by atoms with Crippen LogP contribution < -0.4 is 10.6 Å². The van der Waals surface area contributed by atoms with Crippen molar-refractivity contribution in [2.24, 2.45) is 0 Å². The Bertz CT molecular complexity index is 230. The van der Waals surface area contributed by atoms with Gasteiger partial charge in [-0.05, 0) is 33.6 Å². The molecule has 0 unspecified atom stereocenters. The standard InChI is InChI=1S/C13H26N2O2/c1-13(2,3)15-10-12(16)14-8-9-17-11-6-4-5-7-11/h11,15H,4-10H2,1-3H3,(H,14,16). The largest absolute Gasteiger partial charge is 0.376 e. The van der Waals surface area contributed by atoms with Gasteiger partial charge in [-0.15, -0.1) is 0 Å². The fraction of sp³-hybridized carbons (Fsp3) is 0.923. The van der Waals surface area contributed by atoms with E-state index in [2.05, 4.69) is 10.6 Å². The Balaban J connectivity index is 1.96. The molecule has 4 nitrogen and oxygen atoms in total. The molecule has 0 heterocycles. The van der Waals surface area contributed by atoms with Gasteiger partial charge in [-0.25, -0.2) is 0 Å². The summed E-state index contributed by atoms with van der Waals surface area (Å²) in [5.41, 5.74) is -0.0162. The van der Waals surface area contributed by atoms with Crippen LogP contribution in [0.1, 0.15) is 46.5 Å². The molecule has 1 amide bonds. The Labute approximate surface area is 104 Å². The summed E-state index contributed by atoms with van der Waals surface area (Å²) in [5, 5.41) is 6.00.